The lowest BCUT2D eigenvalue weighted by atomic mass is 10.1. The molecule has 1 aromatic rings. The highest BCUT2D eigenvalue weighted by atomic mass is 16.5. The molecule has 5 nitrogen and oxygen atoms in total. The number of aryl methyl sites for hydroxylation is 1. The van der Waals surface area contributed by atoms with Gasteiger partial charge >= 0.3 is 0 Å². The lowest BCUT2D eigenvalue weighted by molar-refractivity contribution is -0.0100. The highest BCUT2D eigenvalue weighted by Gasteiger charge is 2.05. The van der Waals surface area contributed by atoms with E-state index in [1.54, 1.807) is 6.20 Å². The lowest BCUT2D eigenvalue weighted by Gasteiger charge is -2.13. The Morgan fingerprint density at radius 3 is 2.85 bits per heavy atom. The number of aliphatic hydroxyl groups excluding tert-OH is 1. The molecule has 0 fully saturated rings. The monoisotopic (exact) mass is 282 g/mol. The van der Waals surface area contributed by atoms with Gasteiger partial charge in [-0.15, -0.1) is 0 Å². The first-order valence-electron chi connectivity index (χ1n) is 7.07. The minimum absolute atomic E-state index is 0.216. The summed E-state index contributed by atoms with van der Waals surface area (Å²) in [6.07, 6.45) is 3.33. The first-order chi connectivity index (χ1) is 9.59. The molecule has 0 aliphatic heterocycles. The van der Waals surface area contributed by atoms with Crippen molar-refractivity contribution in [2.45, 2.75) is 39.5 Å². The molecular weight excluding hydrogens is 256 g/mol. The van der Waals surface area contributed by atoms with Gasteiger partial charge in [-0.3, -0.25) is 4.98 Å². The van der Waals surface area contributed by atoms with E-state index in [2.05, 4.69) is 10.3 Å². The van der Waals surface area contributed by atoms with Crippen molar-refractivity contribution in [3.05, 3.63) is 29.6 Å². The number of aliphatic hydroxyl groups is 1. The van der Waals surface area contributed by atoms with E-state index in [9.17, 15) is 5.11 Å². The van der Waals surface area contributed by atoms with Crippen LogP contribution in [0.3, 0.4) is 0 Å². The molecule has 0 bridgehead atoms. The van der Waals surface area contributed by atoms with Crippen molar-refractivity contribution in [2.75, 3.05) is 26.4 Å². The van der Waals surface area contributed by atoms with Gasteiger partial charge in [0.1, 0.15) is 0 Å². The second-order valence-electron chi connectivity index (χ2n) is 5.08. The molecule has 0 saturated heterocycles. The van der Waals surface area contributed by atoms with Crippen molar-refractivity contribution >= 4 is 0 Å². The molecule has 1 atom stereocenters. The van der Waals surface area contributed by atoms with Gasteiger partial charge < -0.3 is 19.9 Å². The van der Waals surface area contributed by atoms with Crippen LogP contribution in [0, 0.1) is 6.92 Å². The van der Waals surface area contributed by atoms with Crippen LogP contribution in [-0.4, -0.2) is 48.7 Å². The fraction of sp³-hybridized carbons (Fsp3) is 0.667. The maximum absolute atomic E-state index is 9.76. The number of aromatic nitrogens is 1. The molecule has 114 valence electrons. The molecule has 1 rings (SSSR count). The minimum atomic E-state index is -0.504. The molecule has 1 aromatic heterocycles. The molecule has 0 radical (unpaired) electrons. The van der Waals surface area contributed by atoms with Crippen LogP contribution < -0.4 is 5.32 Å². The van der Waals surface area contributed by atoms with E-state index >= 15 is 0 Å². The van der Waals surface area contributed by atoms with E-state index in [0.29, 0.717) is 26.4 Å². The predicted octanol–water partition coefficient (Wildman–Crippen LogP) is 1.28. The van der Waals surface area contributed by atoms with Crippen molar-refractivity contribution in [1.82, 2.24) is 10.3 Å². The SMILES string of the molecule is Cc1cnccc1CNCC(O)COCCOC(C)C. The number of pyridine rings is 1. The quantitative estimate of drug-likeness (QED) is 0.633. The number of ether oxygens (including phenoxy) is 2. The largest absolute Gasteiger partial charge is 0.389 e. The topological polar surface area (TPSA) is 63.6 Å². The molecule has 0 aliphatic rings. The molecule has 20 heavy (non-hydrogen) atoms. The zero-order chi connectivity index (χ0) is 14.8. The standard InChI is InChI=1S/C15H26N2O3/c1-12(2)20-7-6-19-11-15(18)10-17-9-14-4-5-16-8-13(14)3/h4-5,8,12,15,17-18H,6-7,9-11H2,1-3H3. The lowest BCUT2D eigenvalue weighted by Crippen LogP contribution is -2.30. The molecule has 2 N–H and O–H groups in total. The first kappa shape index (κ1) is 17.0. The van der Waals surface area contributed by atoms with Crippen molar-refractivity contribution in [3.8, 4) is 0 Å². The fourth-order valence-electron chi connectivity index (χ4n) is 1.70. The van der Waals surface area contributed by atoms with Gasteiger partial charge in [-0.1, -0.05) is 0 Å². The Bertz CT molecular complexity index is 372. The third-order valence-corrected chi connectivity index (χ3v) is 2.82. The Balaban J connectivity index is 2.05. The van der Waals surface area contributed by atoms with Crippen LogP contribution in [0.4, 0.5) is 0 Å². The Morgan fingerprint density at radius 1 is 1.35 bits per heavy atom. The molecule has 1 unspecified atom stereocenters. The number of hydrogen-bond acceptors (Lipinski definition) is 5. The van der Waals surface area contributed by atoms with E-state index < -0.39 is 6.10 Å². The third kappa shape index (κ3) is 7.55. The van der Waals surface area contributed by atoms with E-state index in [0.717, 1.165) is 12.1 Å². The van der Waals surface area contributed by atoms with Crippen LogP contribution in [0.5, 0.6) is 0 Å². The third-order valence-electron chi connectivity index (χ3n) is 2.82. The van der Waals surface area contributed by atoms with Gasteiger partial charge in [-0.2, -0.15) is 0 Å². The van der Waals surface area contributed by atoms with E-state index in [1.165, 1.54) is 5.56 Å². The van der Waals surface area contributed by atoms with Crippen LogP contribution >= 0.6 is 0 Å². The zero-order valence-corrected chi connectivity index (χ0v) is 12.6. The molecule has 0 spiro atoms. The number of nitrogens with one attached hydrogen (secondary N) is 1. The van der Waals surface area contributed by atoms with Crippen LogP contribution in [0.1, 0.15) is 25.0 Å². The Hall–Kier alpha value is -1.01. The summed E-state index contributed by atoms with van der Waals surface area (Å²) >= 11 is 0. The van der Waals surface area contributed by atoms with Gasteiger partial charge in [0.25, 0.3) is 0 Å². The summed E-state index contributed by atoms with van der Waals surface area (Å²) in [5, 5.41) is 13.0. The van der Waals surface area contributed by atoms with Gasteiger partial charge in [0.2, 0.25) is 0 Å². The van der Waals surface area contributed by atoms with Gasteiger partial charge in [-0.05, 0) is 38.0 Å². The molecule has 0 aliphatic carbocycles. The van der Waals surface area contributed by atoms with Crippen LogP contribution in [0.25, 0.3) is 0 Å². The van der Waals surface area contributed by atoms with Crippen molar-refractivity contribution in [1.29, 1.82) is 0 Å². The van der Waals surface area contributed by atoms with Gasteiger partial charge in [0.05, 0.1) is 32.0 Å². The molecule has 0 saturated carbocycles. The summed E-state index contributed by atoms with van der Waals surface area (Å²) in [5.41, 5.74) is 2.34. The summed E-state index contributed by atoms with van der Waals surface area (Å²) < 4.78 is 10.7. The molecule has 5 heteroatoms. The van der Waals surface area contributed by atoms with Crippen LogP contribution in [0.2, 0.25) is 0 Å². The second-order valence-corrected chi connectivity index (χ2v) is 5.08. The Morgan fingerprint density at radius 2 is 2.15 bits per heavy atom. The van der Waals surface area contributed by atoms with Gasteiger partial charge in [0, 0.05) is 25.5 Å². The summed E-state index contributed by atoms with van der Waals surface area (Å²) in [4.78, 5) is 4.05. The minimum Gasteiger partial charge on any atom is -0.389 e. The molecule has 0 aromatic carbocycles. The van der Waals surface area contributed by atoms with Gasteiger partial charge in [0.15, 0.2) is 0 Å². The van der Waals surface area contributed by atoms with E-state index in [1.807, 2.05) is 33.0 Å². The summed E-state index contributed by atoms with van der Waals surface area (Å²) in [5.74, 6) is 0. The average molecular weight is 282 g/mol. The maximum atomic E-state index is 9.76. The highest BCUT2D eigenvalue weighted by molar-refractivity contribution is 5.21. The van der Waals surface area contributed by atoms with Crippen LogP contribution in [0.15, 0.2) is 18.5 Å². The highest BCUT2D eigenvalue weighted by Crippen LogP contribution is 2.03. The first-order valence-corrected chi connectivity index (χ1v) is 7.07. The normalized spacial score (nSPS) is 12.8. The number of nitrogens with zero attached hydrogens (tertiary/aromatic N) is 1. The summed E-state index contributed by atoms with van der Waals surface area (Å²) in [7, 11) is 0. The second kappa shape index (κ2) is 9.83. The van der Waals surface area contributed by atoms with E-state index in [-0.39, 0.29) is 6.10 Å². The summed E-state index contributed by atoms with van der Waals surface area (Å²) in [6, 6.07) is 1.98. The van der Waals surface area contributed by atoms with Crippen molar-refractivity contribution < 1.29 is 14.6 Å². The fourth-order valence-corrected chi connectivity index (χ4v) is 1.70. The Kier molecular flexibility index (Phi) is 8.37. The van der Waals surface area contributed by atoms with Crippen molar-refractivity contribution in [2.24, 2.45) is 0 Å². The average Bonchev–Trinajstić information content (AvgIpc) is 2.40. The maximum Gasteiger partial charge on any atom is 0.0897 e. The number of hydrogen-bond donors (Lipinski definition) is 2. The summed E-state index contributed by atoms with van der Waals surface area (Å²) in [6.45, 7) is 8.63. The predicted molar refractivity (Wildman–Crippen MR) is 78.6 cm³/mol. The van der Waals surface area contributed by atoms with Crippen LogP contribution in [-0.2, 0) is 16.0 Å². The number of rotatable bonds is 10. The zero-order valence-electron chi connectivity index (χ0n) is 12.6. The Labute approximate surface area is 121 Å². The van der Waals surface area contributed by atoms with Gasteiger partial charge in [-0.25, -0.2) is 0 Å². The van der Waals surface area contributed by atoms with E-state index in [4.69, 9.17) is 9.47 Å². The molecule has 0 amide bonds. The molecular formula is C15H26N2O3. The smallest absolute Gasteiger partial charge is 0.0897 e. The molecule has 1 heterocycles. The van der Waals surface area contributed by atoms with Crippen molar-refractivity contribution in [3.63, 3.8) is 0 Å².